The van der Waals surface area contributed by atoms with Gasteiger partial charge >= 0.3 is 0 Å². The zero-order valence-corrected chi connectivity index (χ0v) is 10.1. The smallest absolute Gasteiger partial charge is 0.244 e. The second-order valence-electron chi connectivity index (χ2n) is 3.58. The van der Waals surface area contributed by atoms with Crippen molar-refractivity contribution < 1.29 is 4.79 Å². The second kappa shape index (κ2) is 4.43. The maximum absolute atomic E-state index is 11.6. The van der Waals surface area contributed by atoms with Crippen molar-refractivity contribution in [1.29, 1.82) is 0 Å². The number of halogens is 2. The van der Waals surface area contributed by atoms with Crippen LogP contribution in [0.15, 0.2) is 6.20 Å². The summed E-state index contributed by atoms with van der Waals surface area (Å²) in [5, 5.41) is 3.43. The third kappa shape index (κ3) is 2.20. The molecule has 0 spiro atoms. The molecular formula is C9H10Cl2N4O. The lowest BCUT2D eigenvalue weighted by atomic mass is 10.2. The predicted octanol–water partition coefficient (Wildman–Crippen LogP) is 1.43. The van der Waals surface area contributed by atoms with Gasteiger partial charge < -0.3 is 10.2 Å². The molecule has 0 saturated carbocycles. The molecule has 1 aliphatic rings. The molecule has 1 N–H and O–H groups in total. The van der Waals surface area contributed by atoms with Gasteiger partial charge in [-0.1, -0.05) is 11.6 Å². The maximum Gasteiger partial charge on any atom is 0.244 e. The van der Waals surface area contributed by atoms with Crippen LogP contribution in [0.2, 0.25) is 10.3 Å². The van der Waals surface area contributed by atoms with Crippen molar-refractivity contribution in [3.63, 3.8) is 0 Å². The highest BCUT2D eigenvalue weighted by Crippen LogP contribution is 2.22. The first-order valence-corrected chi connectivity index (χ1v) is 5.53. The van der Waals surface area contributed by atoms with Crippen LogP contribution in [0, 0.1) is 0 Å². The van der Waals surface area contributed by atoms with E-state index >= 15 is 0 Å². The van der Waals surface area contributed by atoms with E-state index in [4.69, 9.17) is 23.2 Å². The minimum absolute atomic E-state index is 0.0331. The Labute approximate surface area is 103 Å². The fourth-order valence-electron chi connectivity index (χ4n) is 1.57. The number of nitrogens with one attached hydrogen (secondary N) is 1. The number of hydrogen-bond donors (Lipinski definition) is 1. The number of anilines is 1. The maximum atomic E-state index is 11.6. The van der Waals surface area contributed by atoms with E-state index in [9.17, 15) is 4.79 Å². The summed E-state index contributed by atoms with van der Waals surface area (Å²) in [7, 11) is 1.76. The SMILES string of the molecule is CN1CCC(Nc2nc(Cl)ncc2Cl)C1=O. The molecule has 1 saturated heterocycles. The number of carbonyl (C=O) groups is 1. The van der Waals surface area contributed by atoms with E-state index in [1.54, 1.807) is 11.9 Å². The van der Waals surface area contributed by atoms with E-state index in [2.05, 4.69) is 15.3 Å². The van der Waals surface area contributed by atoms with Gasteiger partial charge in [-0.15, -0.1) is 0 Å². The number of hydrogen-bond acceptors (Lipinski definition) is 4. The molecule has 1 aromatic rings. The molecule has 7 heteroatoms. The largest absolute Gasteiger partial charge is 0.357 e. The number of likely N-dealkylation sites (N-methyl/N-ethyl adjacent to an activating group) is 1. The van der Waals surface area contributed by atoms with Gasteiger partial charge in [0.1, 0.15) is 11.1 Å². The fraction of sp³-hybridized carbons (Fsp3) is 0.444. The summed E-state index contributed by atoms with van der Waals surface area (Å²) < 4.78 is 0. The summed E-state index contributed by atoms with van der Waals surface area (Å²) in [5.41, 5.74) is 0. The number of amides is 1. The molecule has 1 aliphatic heterocycles. The average molecular weight is 261 g/mol. The number of likely N-dealkylation sites (tertiary alicyclic amines) is 1. The van der Waals surface area contributed by atoms with Crippen LogP contribution in [0.4, 0.5) is 5.82 Å². The zero-order chi connectivity index (χ0) is 11.7. The molecule has 0 aromatic carbocycles. The minimum atomic E-state index is -0.284. The average Bonchev–Trinajstić information content (AvgIpc) is 2.55. The Morgan fingerprint density at radius 2 is 2.31 bits per heavy atom. The van der Waals surface area contributed by atoms with E-state index in [0.717, 1.165) is 13.0 Å². The first kappa shape index (κ1) is 11.4. The lowest BCUT2D eigenvalue weighted by molar-refractivity contribution is -0.127. The molecular weight excluding hydrogens is 251 g/mol. The second-order valence-corrected chi connectivity index (χ2v) is 4.33. The van der Waals surface area contributed by atoms with Crippen molar-refractivity contribution in [3.05, 3.63) is 16.5 Å². The first-order valence-electron chi connectivity index (χ1n) is 4.77. The molecule has 1 aromatic heterocycles. The number of carbonyl (C=O) groups excluding carboxylic acids is 1. The molecule has 2 rings (SSSR count). The van der Waals surface area contributed by atoms with Crippen LogP contribution in [0.25, 0.3) is 0 Å². The fourth-order valence-corrected chi connectivity index (χ4v) is 1.85. The van der Waals surface area contributed by atoms with Crippen molar-refractivity contribution in [3.8, 4) is 0 Å². The van der Waals surface area contributed by atoms with E-state index in [-0.39, 0.29) is 17.2 Å². The van der Waals surface area contributed by atoms with Crippen LogP contribution in [0.1, 0.15) is 6.42 Å². The molecule has 86 valence electrons. The highest BCUT2D eigenvalue weighted by molar-refractivity contribution is 6.33. The van der Waals surface area contributed by atoms with Gasteiger partial charge in [0.2, 0.25) is 11.2 Å². The summed E-state index contributed by atoms with van der Waals surface area (Å²) in [5.74, 6) is 0.432. The van der Waals surface area contributed by atoms with Gasteiger partial charge in [-0.05, 0) is 18.0 Å². The van der Waals surface area contributed by atoms with Crippen LogP contribution in [-0.4, -0.2) is 40.4 Å². The van der Waals surface area contributed by atoms with Crippen LogP contribution in [-0.2, 0) is 4.79 Å². The molecule has 2 heterocycles. The van der Waals surface area contributed by atoms with Crippen LogP contribution < -0.4 is 5.32 Å². The van der Waals surface area contributed by atoms with Gasteiger partial charge in [0.05, 0.1) is 6.20 Å². The Bertz CT molecular complexity index is 426. The zero-order valence-electron chi connectivity index (χ0n) is 8.57. The molecule has 0 bridgehead atoms. The van der Waals surface area contributed by atoms with Crippen LogP contribution in [0.3, 0.4) is 0 Å². The summed E-state index contributed by atoms with van der Waals surface area (Å²) in [4.78, 5) is 21.0. The highest BCUT2D eigenvalue weighted by atomic mass is 35.5. The quantitative estimate of drug-likeness (QED) is 0.818. The summed E-state index contributed by atoms with van der Waals surface area (Å²) in [6.07, 6.45) is 2.13. The first-order chi connectivity index (χ1) is 7.58. The lowest BCUT2D eigenvalue weighted by Gasteiger charge is -2.13. The predicted molar refractivity (Wildman–Crippen MR) is 61.7 cm³/mol. The topological polar surface area (TPSA) is 58.1 Å². The van der Waals surface area contributed by atoms with Crippen molar-refractivity contribution in [2.75, 3.05) is 18.9 Å². The van der Waals surface area contributed by atoms with Gasteiger partial charge in [-0.2, -0.15) is 4.98 Å². The molecule has 1 amide bonds. The number of aromatic nitrogens is 2. The molecule has 16 heavy (non-hydrogen) atoms. The number of nitrogens with zero attached hydrogens (tertiary/aromatic N) is 3. The highest BCUT2D eigenvalue weighted by Gasteiger charge is 2.29. The molecule has 1 atom stereocenters. The summed E-state index contributed by atoms with van der Waals surface area (Å²) in [6, 6.07) is -0.284. The van der Waals surface area contributed by atoms with E-state index in [0.29, 0.717) is 10.8 Å². The third-order valence-corrected chi connectivity index (χ3v) is 2.91. The van der Waals surface area contributed by atoms with E-state index < -0.39 is 0 Å². The molecule has 5 nitrogen and oxygen atoms in total. The number of rotatable bonds is 2. The van der Waals surface area contributed by atoms with Crippen molar-refractivity contribution in [2.24, 2.45) is 0 Å². The van der Waals surface area contributed by atoms with Crippen LogP contribution in [0.5, 0.6) is 0 Å². The Balaban J connectivity index is 2.15. The lowest BCUT2D eigenvalue weighted by Crippen LogP contribution is -2.31. The van der Waals surface area contributed by atoms with Crippen molar-refractivity contribution in [2.45, 2.75) is 12.5 Å². The van der Waals surface area contributed by atoms with Gasteiger partial charge in [0, 0.05) is 13.6 Å². The van der Waals surface area contributed by atoms with Crippen molar-refractivity contribution >= 4 is 34.9 Å². The third-order valence-electron chi connectivity index (χ3n) is 2.45. The Kier molecular flexibility index (Phi) is 3.16. The van der Waals surface area contributed by atoms with Crippen LogP contribution >= 0.6 is 23.2 Å². The van der Waals surface area contributed by atoms with E-state index in [1.807, 2.05) is 0 Å². The van der Waals surface area contributed by atoms with Gasteiger partial charge in [-0.25, -0.2) is 4.98 Å². The normalized spacial score (nSPS) is 20.3. The summed E-state index contributed by atoms with van der Waals surface area (Å²) in [6.45, 7) is 0.729. The van der Waals surface area contributed by atoms with Gasteiger partial charge in [-0.3, -0.25) is 4.79 Å². The summed E-state index contributed by atoms with van der Waals surface area (Å²) >= 11 is 11.5. The van der Waals surface area contributed by atoms with E-state index in [1.165, 1.54) is 6.20 Å². The molecule has 0 aliphatic carbocycles. The standard InChI is InChI=1S/C9H10Cl2N4O/c1-15-3-2-6(8(15)16)13-7-5(10)4-12-9(11)14-7/h4,6H,2-3H2,1H3,(H,12,13,14). The van der Waals surface area contributed by atoms with Gasteiger partial charge in [0.25, 0.3) is 0 Å². The monoisotopic (exact) mass is 260 g/mol. The minimum Gasteiger partial charge on any atom is -0.357 e. The Morgan fingerprint density at radius 1 is 1.56 bits per heavy atom. The Morgan fingerprint density at radius 3 is 2.94 bits per heavy atom. The Hall–Kier alpha value is -1.07. The molecule has 1 unspecified atom stereocenters. The molecule has 1 fully saturated rings. The van der Waals surface area contributed by atoms with Gasteiger partial charge in [0.15, 0.2) is 5.82 Å². The van der Waals surface area contributed by atoms with Crippen molar-refractivity contribution in [1.82, 2.24) is 14.9 Å². The molecule has 0 radical (unpaired) electrons.